The van der Waals surface area contributed by atoms with Crippen LogP contribution in [0.3, 0.4) is 0 Å². The van der Waals surface area contributed by atoms with E-state index in [-0.39, 0.29) is 11.6 Å². The van der Waals surface area contributed by atoms with Gasteiger partial charge >= 0.3 is 0 Å². The van der Waals surface area contributed by atoms with Gasteiger partial charge < -0.3 is 15.6 Å². The van der Waals surface area contributed by atoms with Crippen LogP contribution >= 0.6 is 0 Å². The Hall–Kier alpha value is -2.37. The molecular weight excluding hydrogens is 235 g/mol. The number of hydrogen-bond acceptors (Lipinski definition) is 3. The monoisotopic (exact) mass is 248 g/mol. The van der Waals surface area contributed by atoms with Crippen molar-refractivity contribution in [3.8, 4) is 0 Å². The third kappa shape index (κ3) is 2.48. The fourth-order valence-electron chi connectivity index (χ4n) is 1.51. The predicted octanol–water partition coefficient (Wildman–Crippen LogP) is 1.07. The number of anilines is 1. The minimum atomic E-state index is -0.532. The highest BCUT2D eigenvalue weighted by molar-refractivity contribution is 5.94. The molecule has 0 radical (unpaired) electrons. The van der Waals surface area contributed by atoms with Crippen LogP contribution in [0.25, 0.3) is 0 Å². The van der Waals surface area contributed by atoms with E-state index >= 15 is 0 Å². The summed E-state index contributed by atoms with van der Waals surface area (Å²) >= 11 is 0. The van der Waals surface area contributed by atoms with Gasteiger partial charge in [0.2, 0.25) is 0 Å². The third-order valence-electron chi connectivity index (χ3n) is 2.59. The minimum Gasteiger partial charge on any atom is -0.396 e. The Morgan fingerprint density at radius 2 is 2.33 bits per heavy atom. The number of aryl methyl sites for hydroxylation is 1. The molecule has 0 aliphatic heterocycles. The van der Waals surface area contributed by atoms with Crippen molar-refractivity contribution >= 4 is 11.6 Å². The van der Waals surface area contributed by atoms with Gasteiger partial charge in [-0.2, -0.15) is 0 Å². The fraction of sp³-hybridized carbons (Fsp3) is 0.167. The molecule has 5 nitrogen and oxygen atoms in total. The first-order valence-electron chi connectivity index (χ1n) is 5.37. The number of carbonyl (C=O) groups is 1. The second-order valence-corrected chi connectivity index (χ2v) is 3.87. The van der Waals surface area contributed by atoms with Crippen LogP contribution in [0.2, 0.25) is 0 Å². The fourth-order valence-corrected chi connectivity index (χ4v) is 1.51. The predicted molar refractivity (Wildman–Crippen MR) is 65.2 cm³/mol. The van der Waals surface area contributed by atoms with Gasteiger partial charge in [-0.25, -0.2) is 9.37 Å². The molecule has 94 valence electrons. The lowest BCUT2D eigenvalue weighted by Gasteiger charge is -2.06. The van der Waals surface area contributed by atoms with Crippen molar-refractivity contribution in [1.29, 1.82) is 0 Å². The highest BCUT2D eigenvalue weighted by Gasteiger charge is 2.08. The van der Waals surface area contributed by atoms with Crippen molar-refractivity contribution < 1.29 is 9.18 Å². The minimum absolute atomic E-state index is 0.0420. The van der Waals surface area contributed by atoms with Crippen LogP contribution in [-0.4, -0.2) is 15.5 Å². The lowest BCUT2D eigenvalue weighted by molar-refractivity contribution is 0.0949. The maximum absolute atomic E-state index is 13.0. The number of hydrogen-bond donors (Lipinski definition) is 2. The third-order valence-corrected chi connectivity index (χ3v) is 2.59. The molecule has 1 aromatic heterocycles. The molecule has 0 atom stereocenters. The number of benzene rings is 1. The Morgan fingerprint density at radius 1 is 1.56 bits per heavy atom. The van der Waals surface area contributed by atoms with Gasteiger partial charge in [0.15, 0.2) is 0 Å². The zero-order valence-corrected chi connectivity index (χ0v) is 9.85. The van der Waals surface area contributed by atoms with Crippen LogP contribution in [0.1, 0.15) is 16.2 Å². The van der Waals surface area contributed by atoms with Crippen LogP contribution in [0.5, 0.6) is 0 Å². The first-order chi connectivity index (χ1) is 8.58. The van der Waals surface area contributed by atoms with E-state index < -0.39 is 5.82 Å². The number of aromatic nitrogens is 2. The van der Waals surface area contributed by atoms with Crippen molar-refractivity contribution in [3.63, 3.8) is 0 Å². The molecule has 0 saturated heterocycles. The normalized spacial score (nSPS) is 10.3. The van der Waals surface area contributed by atoms with Crippen LogP contribution < -0.4 is 11.1 Å². The van der Waals surface area contributed by atoms with E-state index in [1.54, 1.807) is 17.0 Å². The Kier molecular flexibility index (Phi) is 3.27. The summed E-state index contributed by atoms with van der Waals surface area (Å²) in [4.78, 5) is 15.9. The van der Waals surface area contributed by atoms with Crippen molar-refractivity contribution in [2.45, 2.75) is 6.54 Å². The number of imidazole rings is 1. The van der Waals surface area contributed by atoms with Gasteiger partial charge in [-0.05, 0) is 18.2 Å². The molecule has 1 amide bonds. The first kappa shape index (κ1) is 12.1. The Balaban J connectivity index is 2.04. The zero-order valence-electron chi connectivity index (χ0n) is 9.85. The van der Waals surface area contributed by atoms with Crippen molar-refractivity contribution in [2.24, 2.45) is 7.05 Å². The Labute approximate surface area is 103 Å². The van der Waals surface area contributed by atoms with E-state index in [9.17, 15) is 9.18 Å². The van der Waals surface area contributed by atoms with Gasteiger partial charge in [-0.1, -0.05) is 0 Å². The number of nitrogens with one attached hydrogen (secondary N) is 1. The maximum Gasteiger partial charge on any atom is 0.251 e. The summed E-state index contributed by atoms with van der Waals surface area (Å²) in [6, 6.07) is 3.87. The second-order valence-electron chi connectivity index (χ2n) is 3.87. The molecule has 6 heteroatoms. The molecule has 0 saturated carbocycles. The number of amides is 1. The van der Waals surface area contributed by atoms with Crippen molar-refractivity contribution in [1.82, 2.24) is 14.9 Å². The molecule has 2 aromatic rings. The molecule has 1 aromatic carbocycles. The van der Waals surface area contributed by atoms with E-state index in [0.29, 0.717) is 12.1 Å². The molecule has 0 bridgehead atoms. The summed E-state index contributed by atoms with van der Waals surface area (Å²) in [5, 5.41) is 2.69. The van der Waals surface area contributed by atoms with E-state index in [4.69, 9.17) is 5.73 Å². The second kappa shape index (κ2) is 4.87. The Morgan fingerprint density at radius 3 is 2.94 bits per heavy atom. The smallest absolute Gasteiger partial charge is 0.251 e. The summed E-state index contributed by atoms with van der Waals surface area (Å²) in [6.07, 6.45) is 3.44. The van der Waals surface area contributed by atoms with Crippen molar-refractivity contribution in [2.75, 3.05) is 5.73 Å². The molecule has 1 heterocycles. The highest BCUT2D eigenvalue weighted by Crippen LogP contribution is 2.12. The quantitative estimate of drug-likeness (QED) is 0.798. The summed E-state index contributed by atoms with van der Waals surface area (Å²) < 4.78 is 14.8. The highest BCUT2D eigenvalue weighted by atomic mass is 19.1. The van der Waals surface area contributed by atoms with Gasteiger partial charge in [-0.3, -0.25) is 4.79 Å². The van der Waals surface area contributed by atoms with Crippen LogP contribution in [0.4, 0.5) is 10.1 Å². The number of nitrogens with two attached hydrogens (primary N) is 1. The Bertz CT molecular complexity index is 579. The average Bonchev–Trinajstić information content (AvgIpc) is 2.75. The number of halogens is 1. The maximum atomic E-state index is 13.0. The van der Waals surface area contributed by atoms with Crippen molar-refractivity contribution in [3.05, 3.63) is 47.8 Å². The molecular formula is C12H13FN4O. The average molecular weight is 248 g/mol. The molecule has 0 fully saturated rings. The number of rotatable bonds is 3. The van der Waals surface area contributed by atoms with Crippen LogP contribution in [0.15, 0.2) is 30.6 Å². The molecule has 0 spiro atoms. The van der Waals surface area contributed by atoms with Gasteiger partial charge in [0.05, 0.1) is 12.2 Å². The summed E-state index contributed by atoms with van der Waals surface area (Å²) in [5.74, 6) is -0.112. The standard InChI is InChI=1S/C12H13FN4O/c1-17-5-4-15-11(17)7-16-12(18)8-2-3-9(13)10(14)6-8/h2-6H,7,14H2,1H3,(H,16,18). The summed E-state index contributed by atoms with van der Waals surface area (Å²) in [6.45, 7) is 0.305. The lowest BCUT2D eigenvalue weighted by Crippen LogP contribution is -2.24. The SMILES string of the molecule is Cn1ccnc1CNC(=O)c1ccc(F)c(N)c1. The van der Waals surface area contributed by atoms with E-state index in [0.717, 1.165) is 5.82 Å². The van der Waals surface area contributed by atoms with Gasteiger partial charge in [0.1, 0.15) is 11.6 Å². The van der Waals surface area contributed by atoms with Gasteiger partial charge in [0, 0.05) is 25.0 Å². The largest absolute Gasteiger partial charge is 0.396 e. The summed E-state index contributed by atoms with van der Waals surface area (Å²) in [7, 11) is 1.84. The topological polar surface area (TPSA) is 72.9 Å². The molecule has 2 rings (SSSR count). The summed E-state index contributed by atoms with van der Waals surface area (Å²) in [5.41, 5.74) is 5.68. The molecule has 18 heavy (non-hydrogen) atoms. The zero-order chi connectivity index (χ0) is 13.1. The van der Waals surface area contributed by atoms with Gasteiger partial charge in [0.25, 0.3) is 5.91 Å². The molecule has 0 aliphatic rings. The van der Waals surface area contributed by atoms with E-state index in [1.165, 1.54) is 18.2 Å². The lowest BCUT2D eigenvalue weighted by atomic mass is 10.2. The number of nitrogen functional groups attached to an aromatic ring is 1. The van der Waals surface area contributed by atoms with Crippen LogP contribution in [0, 0.1) is 5.82 Å². The molecule has 0 aliphatic carbocycles. The van der Waals surface area contributed by atoms with Gasteiger partial charge in [-0.15, -0.1) is 0 Å². The number of carbonyl (C=O) groups excluding carboxylic acids is 1. The van der Waals surface area contributed by atoms with E-state index in [1.807, 2.05) is 7.05 Å². The molecule has 0 unspecified atom stereocenters. The molecule has 3 N–H and O–H groups in total. The first-order valence-corrected chi connectivity index (χ1v) is 5.37. The number of nitrogens with zero attached hydrogens (tertiary/aromatic N) is 2. The van der Waals surface area contributed by atoms with Crippen LogP contribution in [-0.2, 0) is 13.6 Å². The van der Waals surface area contributed by atoms with E-state index in [2.05, 4.69) is 10.3 Å².